The van der Waals surface area contributed by atoms with Gasteiger partial charge in [-0.15, -0.1) is 0 Å². The molecule has 0 saturated carbocycles. The second-order valence-electron chi connectivity index (χ2n) is 7.83. The lowest BCUT2D eigenvalue weighted by Gasteiger charge is -2.26. The molecule has 0 bridgehead atoms. The van der Waals surface area contributed by atoms with Gasteiger partial charge in [-0.25, -0.2) is 4.39 Å². The van der Waals surface area contributed by atoms with Crippen LogP contribution in [0.15, 0.2) is 18.2 Å². The Labute approximate surface area is 155 Å². The van der Waals surface area contributed by atoms with Crippen molar-refractivity contribution in [2.75, 3.05) is 59.5 Å². The lowest BCUT2D eigenvalue weighted by Crippen LogP contribution is -2.36. The van der Waals surface area contributed by atoms with Gasteiger partial charge in [-0.3, -0.25) is 4.79 Å². The molecule has 2 heterocycles. The summed E-state index contributed by atoms with van der Waals surface area (Å²) in [6.45, 7) is 8.32. The van der Waals surface area contributed by atoms with Gasteiger partial charge in [0.15, 0.2) is 0 Å². The molecule has 0 aliphatic carbocycles. The van der Waals surface area contributed by atoms with Crippen molar-refractivity contribution >= 4 is 5.91 Å². The van der Waals surface area contributed by atoms with Gasteiger partial charge in [-0.1, -0.05) is 0 Å². The fourth-order valence-electron chi connectivity index (χ4n) is 4.17. The van der Waals surface area contributed by atoms with Crippen LogP contribution in [0.3, 0.4) is 0 Å². The molecule has 2 aliphatic rings. The largest absolute Gasteiger partial charge is 0.396 e. The summed E-state index contributed by atoms with van der Waals surface area (Å²) < 4.78 is 13.3. The highest BCUT2D eigenvalue weighted by Crippen LogP contribution is 2.27. The standard InChI is InChI=1S/C20H30FN3O2/c1-15-10-18(21)4-5-19(15)20(26)24-12-16(17(13-24)14-25)11-23-7-3-6-22(2)8-9-23/h4-5,10,16-17,25H,3,6-9,11-14H2,1-2H3/t16-,17-/m1/s1. The number of nitrogens with zero attached hydrogens (tertiary/aromatic N) is 3. The Morgan fingerprint density at radius 2 is 1.96 bits per heavy atom. The molecule has 0 spiro atoms. The van der Waals surface area contributed by atoms with E-state index in [-0.39, 0.29) is 30.2 Å². The van der Waals surface area contributed by atoms with E-state index in [0.29, 0.717) is 24.2 Å². The zero-order valence-electron chi connectivity index (χ0n) is 15.8. The number of aryl methyl sites for hydroxylation is 1. The monoisotopic (exact) mass is 363 g/mol. The van der Waals surface area contributed by atoms with Crippen LogP contribution in [-0.2, 0) is 0 Å². The molecule has 0 radical (unpaired) electrons. The van der Waals surface area contributed by atoms with E-state index in [9.17, 15) is 14.3 Å². The molecular formula is C20H30FN3O2. The number of amides is 1. The Morgan fingerprint density at radius 3 is 2.69 bits per heavy atom. The van der Waals surface area contributed by atoms with E-state index in [1.807, 2.05) is 4.90 Å². The number of hydrogen-bond donors (Lipinski definition) is 1. The lowest BCUT2D eigenvalue weighted by molar-refractivity contribution is 0.0778. The Morgan fingerprint density at radius 1 is 1.19 bits per heavy atom. The first-order chi connectivity index (χ1) is 12.5. The summed E-state index contributed by atoms with van der Waals surface area (Å²) >= 11 is 0. The minimum Gasteiger partial charge on any atom is -0.396 e. The summed E-state index contributed by atoms with van der Waals surface area (Å²) in [5.41, 5.74) is 1.22. The van der Waals surface area contributed by atoms with E-state index in [2.05, 4.69) is 16.8 Å². The molecule has 2 atom stereocenters. The van der Waals surface area contributed by atoms with E-state index < -0.39 is 0 Å². The van der Waals surface area contributed by atoms with Gasteiger partial charge in [-0.05, 0) is 63.2 Å². The molecule has 2 saturated heterocycles. The van der Waals surface area contributed by atoms with Gasteiger partial charge in [0.25, 0.3) is 5.91 Å². The van der Waals surface area contributed by atoms with Crippen LogP contribution in [0.4, 0.5) is 4.39 Å². The highest BCUT2D eigenvalue weighted by Gasteiger charge is 2.36. The van der Waals surface area contributed by atoms with Crippen LogP contribution in [0.1, 0.15) is 22.3 Å². The molecule has 1 N–H and O–H groups in total. The number of likely N-dealkylation sites (N-methyl/N-ethyl adjacent to an activating group) is 1. The van der Waals surface area contributed by atoms with Crippen LogP contribution in [0.2, 0.25) is 0 Å². The summed E-state index contributed by atoms with van der Waals surface area (Å²) in [6.07, 6.45) is 1.16. The van der Waals surface area contributed by atoms with Gasteiger partial charge < -0.3 is 19.8 Å². The second-order valence-corrected chi connectivity index (χ2v) is 7.83. The van der Waals surface area contributed by atoms with E-state index in [1.165, 1.54) is 12.1 Å². The third kappa shape index (κ3) is 4.42. The SMILES string of the molecule is Cc1cc(F)ccc1C(=O)N1C[C@@H](CN2CCCN(C)CC2)[C@@H](CO)C1. The average molecular weight is 363 g/mol. The highest BCUT2D eigenvalue weighted by molar-refractivity contribution is 5.95. The Balaban J connectivity index is 1.65. The predicted molar refractivity (Wildman–Crippen MR) is 99.7 cm³/mol. The van der Waals surface area contributed by atoms with E-state index in [1.54, 1.807) is 13.0 Å². The topological polar surface area (TPSA) is 47.0 Å². The number of rotatable bonds is 4. The van der Waals surface area contributed by atoms with Crippen molar-refractivity contribution in [2.45, 2.75) is 13.3 Å². The fourth-order valence-corrected chi connectivity index (χ4v) is 4.17. The fraction of sp³-hybridized carbons (Fsp3) is 0.650. The number of aliphatic hydroxyl groups excluding tert-OH is 1. The van der Waals surface area contributed by atoms with Crippen LogP contribution in [0.25, 0.3) is 0 Å². The van der Waals surface area contributed by atoms with Crippen molar-refractivity contribution in [1.82, 2.24) is 14.7 Å². The van der Waals surface area contributed by atoms with Crippen LogP contribution in [0, 0.1) is 24.6 Å². The number of likely N-dealkylation sites (tertiary alicyclic amines) is 1. The van der Waals surface area contributed by atoms with Gasteiger partial charge in [0.05, 0.1) is 0 Å². The van der Waals surface area contributed by atoms with Crippen molar-refractivity contribution in [3.8, 4) is 0 Å². The first-order valence-corrected chi connectivity index (χ1v) is 9.55. The van der Waals surface area contributed by atoms with Crippen LogP contribution in [0.5, 0.6) is 0 Å². The molecule has 6 heteroatoms. The van der Waals surface area contributed by atoms with Crippen LogP contribution >= 0.6 is 0 Å². The van der Waals surface area contributed by atoms with Crippen molar-refractivity contribution < 1.29 is 14.3 Å². The molecule has 5 nitrogen and oxygen atoms in total. The molecule has 26 heavy (non-hydrogen) atoms. The number of aliphatic hydroxyl groups is 1. The van der Waals surface area contributed by atoms with E-state index in [0.717, 1.165) is 39.1 Å². The molecule has 2 fully saturated rings. The molecule has 0 unspecified atom stereocenters. The van der Waals surface area contributed by atoms with Gasteiger partial charge >= 0.3 is 0 Å². The predicted octanol–water partition coefficient (Wildman–Crippen LogP) is 1.45. The molecular weight excluding hydrogens is 333 g/mol. The Hall–Kier alpha value is -1.50. The molecule has 1 aromatic carbocycles. The normalized spacial score (nSPS) is 25.5. The Bertz CT molecular complexity index is 639. The summed E-state index contributed by atoms with van der Waals surface area (Å²) in [5, 5.41) is 9.81. The van der Waals surface area contributed by atoms with Gasteiger partial charge in [0.2, 0.25) is 0 Å². The molecule has 1 amide bonds. The number of carbonyl (C=O) groups excluding carboxylic acids is 1. The van der Waals surface area contributed by atoms with Crippen LogP contribution < -0.4 is 0 Å². The van der Waals surface area contributed by atoms with Crippen molar-refractivity contribution in [2.24, 2.45) is 11.8 Å². The average Bonchev–Trinajstić information content (AvgIpc) is 2.90. The number of halogens is 1. The summed E-state index contributed by atoms with van der Waals surface area (Å²) in [7, 11) is 2.15. The highest BCUT2D eigenvalue weighted by atomic mass is 19.1. The van der Waals surface area contributed by atoms with Crippen molar-refractivity contribution in [3.63, 3.8) is 0 Å². The molecule has 3 rings (SSSR count). The van der Waals surface area contributed by atoms with Crippen molar-refractivity contribution in [3.05, 3.63) is 35.1 Å². The quantitative estimate of drug-likeness (QED) is 0.880. The summed E-state index contributed by atoms with van der Waals surface area (Å²) in [4.78, 5) is 19.5. The first-order valence-electron chi connectivity index (χ1n) is 9.55. The van der Waals surface area contributed by atoms with Gasteiger partial charge in [0, 0.05) is 50.8 Å². The molecule has 0 aromatic heterocycles. The third-order valence-corrected chi connectivity index (χ3v) is 5.82. The van der Waals surface area contributed by atoms with E-state index in [4.69, 9.17) is 0 Å². The Kier molecular flexibility index (Phi) is 6.27. The maximum Gasteiger partial charge on any atom is 0.254 e. The van der Waals surface area contributed by atoms with Crippen molar-refractivity contribution in [1.29, 1.82) is 0 Å². The zero-order chi connectivity index (χ0) is 18.7. The van der Waals surface area contributed by atoms with Gasteiger partial charge in [-0.2, -0.15) is 0 Å². The molecule has 2 aliphatic heterocycles. The van der Waals surface area contributed by atoms with E-state index >= 15 is 0 Å². The summed E-state index contributed by atoms with van der Waals surface area (Å²) in [5.74, 6) is 0.0190. The second kappa shape index (κ2) is 8.46. The lowest BCUT2D eigenvalue weighted by atomic mass is 9.96. The zero-order valence-corrected chi connectivity index (χ0v) is 15.8. The molecule has 144 valence electrons. The maximum atomic E-state index is 13.3. The minimum atomic E-state index is -0.322. The number of hydrogen-bond acceptors (Lipinski definition) is 4. The number of carbonyl (C=O) groups is 1. The molecule has 1 aromatic rings. The smallest absolute Gasteiger partial charge is 0.254 e. The number of benzene rings is 1. The van der Waals surface area contributed by atoms with Gasteiger partial charge in [0.1, 0.15) is 5.82 Å². The first kappa shape index (κ1) is 19.3. The van der Waals surface area contributed by atoms with Crippen LogP contribution in [-0.4, -0.2) is 85.2 Å². The third-order valence-electron chi connectivity index (χ3n) is 5.82. The maximum absolute atomic E-state index is 13.3. The minimum absolute atomic E-state index is 0.0564. The summed E-state index contributed by atoms with van der Waals surface area (Å²) in [6, 6.07) is 4.31.